The summed E-state index contributed by atoms with van der Waals surface area (Å²) in [5, 5.41) is 5.88. The van der Waals surface area contributed by atoms with E-state index in [1.165, 1.54) is 12.1 Å². The second-order valence-corrected chi connectivity index (χ2v) is 8.92. The Morgan fingerprint density at radius 2 is 1.81 bits per heavy atom. The first-order valence-electron chi connectivity index (χ1n) is 11.3. The van der Waals surface area contributed by atoms with Crippen LogP contribution in [0.15, 0.2) is 66.4 Å². The lowest BCUT2D eigenvalue weighted by atomic mass is 10.1. The van der Waals surface area contributed by atoms with Crippen LogP contribution >= 0.6 is 23.2 Å². The van der Waals surface area contributed by atoms with Crippen molar-refractivity contribution in [1.29, 1.82) is 0 Å². The number of ether oxygens (including phenoxy) is 2. The van der Waals surface area contributed by atoms with Crippen LogP contribution in [-0.4, -0.2) is 31.1 Å². The third-order valence-corrected chi connectivity index (χ3v) is 5.79. The van der Waals surface area contributed by atoms with Crippen molar-refractivity contribution in [1.82, 2.24) is 5.32 Å². The number of urea groups is 1. The Labute approximate surface area is 223 Å². The second-order valence-electron chi connectivity index (χ2n) is 8.07. The number of hydrogen-bond acceptors (Lipinski definition) is 5. The Morgan fingerprint density at radius 1 is 1.05 bits per heavy atom. The maximum atomic E-state index is 12.9. The number of nitrogens with one attached hydrogen (secondary N) is 2. The summed E-state index contributed by atoms with van der Waals surface area (Å²) >= 11 is 12.5. The van der Waals surface area contributed by atoms with Crippen LogP contribution in [0.2, 0.25) is 10.0 Å². The fraction of sp³-hybridized carbons (Fsp3) is 0.148. The molecule has 0 aromatic heterocycles. The second kappa shape index (κ2) is 11.4. The van der Waals surface area contributed by atoms with Crippen molar-refractivity contribution in [3.05, 3.63) is 87.5 Å². The number of carbonyl (C=O) groups is 3. The molecule has 0 saturated carbocycles. The highest BCUT2D eigenvalue weighted by Crippen LogP contribution is 2.37. The van der Waals surface area contributed by atoms with Crippen molar-refractivity contribution in [2.75, 3.05) is 23.4 Å². The van der Waals surface area contributed by atoms with Crippen molar-refractivity contribution in [3.8, 4) is 11.5 Å². The molecule has 4 amide bonds. The maximum absolute atomic E-state index is 12.9. The molecule has 0 radical (unpaired) electrons. The van der Waals surface area contributed by atoms with Gasteiger partial charge in [-0.25, -0.2) is 9.69 Å². The number of carbonyl (C=O) groups excluding carboxylic acids is 3. The van der Waals surface area contributed by atoms with E-state index in [4.69, 9.17) is 32.7 Å². The standard InChI is InChI=1S/C27H23Cl2N3O5/c1-3-36-23-13-17(12-22-26(34)32(27(35)31-22)20-6-4-5-18(28)14-20)11-21(29)25(23)37-15-24(33)30-19-9-7-16(2)8-10-19/h4-14H,3,15H2,1-2H3,(H,30,33)(H,31,35)/b22-12+. The van der Waals surface area contributed by atoms with Gasteiger partial charge < -0.3 is 20.1 Å². The number of benzene rings is 3. The molecule has 1 aliphatic heterocycles. The largest absolute Gasteiger partial charge is 0.490 e. The maximum Gasteiger partial charge on any atom is 0.333 e. The molecule has 190 valence electrons. The Morgan fingerprint density at radius 3 is 2.51 bits per heavy atom. The lowest BCUT2D eigenvalue weighted by Crippen LogP contribution is -2.30. The number of aryl methyl sites for hydroxylation is 1. The zero-order chi connectivity index (χ0) is 26.5. The average Bonchev–Trinajstić information content (AvgIpc) is 3.12. The summed E-state index contributed by atoms with van der Waals surface area (Å²) in [5.74, 6) is -0.441. The zero-order valence-corrected chi connectivity index (χ0v) is 21.5. The highest BCUT2D eigenvalue weighted by atomic mass is 35.5. The van der Waals surface area contributed by atoms with E-state index in [-0.39, 0.29) is 34.7 Å². The van der Waals surface area contributed by atoms with Gasteiger partial charge in [-0.05, 0) is 68.0 Å². The number of imide groups is 1. The fourth-order valence-electron chi connectivity index (χ4n) is 3.60. The van der Waals surface area contributed by atoms with E-state index in [1.807, 2.05) is 19.1 Å². The van der Waals surface area contributed by atoms with Crippen LogP contribution in [0.1, 0.15) is 18.1 Å². The van der Waals surface area contributed by atoms with E-state index in [1.54, 1.807) is 49.4 Å². The van der Waals surface area contributed by atoms with Gasteiger partial charge >= 0.3 is 6.03 Å². The molecule has 3 aromatic rings. The summed E-state index contributed by atoms with van der Waals surface area (Å²) in [6.45, 7) is 3.76. The first-order valence-corrected chi connectivity index (χ1v) is 12.1. The molecule has 10 heteroatoms. The topological polar surface area (TPSA) is 97.0 Å². The molecule has 1 heterocycles. The minimum atomic E-state index is -0.603. The van der Waals surface area contributed by atoms with E-state index in [0.717, 1.165) is 10.5 Å². The highest BCUT2D eigenvalue weighted by Gasteiger charge is 2.35. The summed E-state index contributed by atoms with van der Waals surface area (Å²) in [6.07, 6.45) is 1.48. The van der Waals surface area contributed by atoms with Crippen LogP contribution < -0.4 is 25.0 Å². The minimum absolute atomic E-state index is 0.0506. The van der Waals surface area contributed by atoms with Crippen LogP contribution in [0.4, 0.5) is 16.2 Å². The third kappa shape index (κ3) is 6.22. The van der Waals surface area contributed by atoms with E-state index in [2.05, 4.69) is 10.6 Å². The van der Waals surface area contributed by atoms with Gasteiger partial charge in [-0.1, -0.05) is 47.0 Å². The molecule has 2 N–H and O–H groups in total. The Hall–Kier alpha value is -4.01. The Kier molecular flexibility index (Phi) is 8.01. The summed E-state index contributed by atoms with van der Waals surface area (Å²) in [5.41, 5.74) is 2.61. The minimum Gasteiger partial charge on any atom is -0.490 e. The Balaban J connectivity index is 1.52. The van der Waals surface area contributed by atoms with E-state index in [9.17, 15) is 14.4 Å². The van der Waals surface area contributed by atoms with Gasteiger partial charge in [-0.2, -0.15) is 0 Å². The quantitative estimate of drug-likeness (QED) is 0.278. The van der Waals surface area contributed by atoms with Crippen molar-refractivity contribution < 1.29 is 23.9 Å². The first-order chi connectivity index (χ1) is 17.7. The van der Waals surface area contributed by atoms with Gasteiger partial charge in [0.05, 0.1) is 17.3 Å². The lowest BCUT2D eigenvalue weighted by molar-refractivity contribution is -0.118. The van der Waals surface area contributed by atoms with Crippen LogP contribution in [-0.2, 0) is 9.59 Å². The molecule has 4 rings (SSSR count). The molecule has 8 nitrogen and oxygen atoms in total. The number of nitrogens with zero attached hydrogens (tertiary/aromatic N) is 1. The van der Waals surface area contributed by atoms with Crippen molar-refractivity contribution in [2.45, 2.75) is 13.8 Å². The smallest absolute Gasteiger partial charge is 0.333 e. The normalized spacial score (nSPS) is 14.1. The van der Waals surface area contributed by atoms with Gasteiger partial charge in [0.25, 0.3) is 11.8 Å². The molecule has 1 saturated heterocycles. The Bertz CT molecular complexity index is 1390. The molecule has 0 atom stereocenters. The SMILES string of the molecule is CCOc1cc(/C=C2/NC(=O)N(c3cccc(Cl)c3)C2=O)cc(Cl)c1OCC(=O)Nc1ccc(C)cc1. The van der Waals surface area contributed by atoms with E-state index < -0.39 is 11.9 Å². The van der Waals surface area contributed by atoms with Gasteiger partial charge in [0.2, 0.25) is 0 Å². The average molecular weight is 540 g/mol. The van der Waals surface area contributed by atoms with Gasteiger partial charge in [0, 0.05) is 10.7 Å². The summed E-state index contributed by atoms with van der Waals surface area (Å²) < 4.78 is 11.4. The zero-order valence-electron chi connectivity index (χ0n) is 20.0. The predicted molar refractivity (Wildman–Crippen MR) is 143 cm³/mol. The summed E-state index contributed by atoms with van der Waals surface area (Å²) in [6, 6.07) is 16.3. The lowest BCUT2D eigenvalue weighted by Gasteiger charge is -2.15. The van der Waals surface area contributed by atoms with Gasteiger partial charge in [0.1, 0.15) is 5.70 Å². The van der Waals surface area contributed by atoms with Crippen LogP contribution in [0.3, 0.4) is 0 Å². The molecule has 1 fully saturated rings. The molecule has 0 unspecified atom stereocenters. The molecule has 0 spiro atoms. The van der Waals surface area contributed by atoms with Crippen molar-refractivity contribution >= 4 is 58.5 Å². The van der Waals surface area contributed by atoms with Crippen LogP contribution in [0, 0.1) is 6.92 Å². The number of hydrogen-bond donors (Lipinski definition) is 2. The summed E-state index contributed by atoms with van der Waals surface area (Å²) in [7, 11) is 0. The van der Waals surface area contributed by atoms with Crippen molar-refractivity contribution in [2.24, 2.45) is 0 Å². The molecule has 0 bridgehead atoms. The predicted octanol–water partition coefficient (Wildman–Crippen LogP) is 5.82. The van der Waals surface area contributed by atoms with E-state index in [0.29, 0.717) is 28.6 Å². The number of rotatable bonds is 8. The number of halogens is 2. The number of anilines is 2. The van der Waals surface area contributed by atoms with Gasteiger partial charge in [-0.15, -0.1) is 0 Å². The highest BCUT2D eigenvalue weighted by molar-refractivity contribution is 6.33. The molecular weight excluding hydrogens is 517 g/mol. The first kappa shape index (κ1) is 26.1. The fourth-order valence-corrected chi connectivity index (χ4v) is 4.06. The van der Waals surface area contributed by atoms with Gasteiger partial charge in [0.15, 0.2) is 18.1 Å². The molecule has 37 heavy (non-hydrogen) atoms. The van der Waals surface area contributed by atoms with E-state index >= 15 is 0 Å². The van der Waals surface area contributed by atoms with Crippen LogP contribution in [0.5, 0.6) is 11.5 Å². The van der Waals surface area contributed by atoms with Gasteiger partial charge in [-0.3, -0.25) is 9.59 Å². The summed E-state index contributed by atoms with van der Waals surface area (Å²) in [4.78, 5) is 38.8. The number of amides is 4. The van der Waals surface area contributed by atoms with Crippen molar-refractivity contribution in [3.63, 3.8) is 0 Å². The molecule has 3 aromatic carbocycles. The molecule has 0 aliphatic carbocycles. The third-order valence-electron chi connectivity index (χ3n) is 5.27. The molecular formula is C27H23Cl2N3O5. The van der Waals surface area contributed by atoms with Crippen LogP contribution in [0.25, 0.3) is 6.08 Å². The molecule has 1 aliphatic rings. The monoisotopic (exact) mass is 539 g/mol.